The highest BCUT2D eigenvalue weighted by Gasteiger charge is 2.42. The molecule has 0 saturated carbocycles. The number of aliphatic hydroxyl groups excluding tert-OH is 1. The van der Waals surface area contributed by atoms with Gasteiger partial charge in [-0.2, -0.15) is 0 Å². The molecule has 4 unspecified atom stereocenters. The van der Waals surface area contributed by atoms with Crippen molar-refractivity contribution in [3.8, 4) is 0 Å². The number of ether oxygens (including phenoxy) is 1. The van der Waals surface area contributed by atoms with Gasteiger partial charge in [0.2, 0.25) is 0 Å². The van der Waals surface area contributed by atoms with Gasteiger partial charge < -0.3 is 9.84 Å². The molecule has 4 atom stereocenters. The van der Waals surface area contributed by atoms with E-state index in [1.807, 2.05) is 24.3 Å². The number of aromatic nitrogens is 1. The fourth-order valence-electron chi connectivity index (χ4n) is 4.39. The minimum atomic E-state index is -1.27. The van der Waals surface area contributed by atoms with E-state index in [4.69, 9.17) is 4.74 Å². The summed E-state index contributed by atoms with van der Waals surface area (Å²) in [6.45, 7) is 0. The van der Waals surface area contributed by atoms with Gasteiger partial charge in [0.05, 0.1) is 19.0 Å². The zero-order valence-corrected chi connectivity index (χ0v) is 17.2. The molecule has 1 aliphatic heterocycles. The molecule has 3 aromatic rings. The predicted octanol–water partition coefficient (Wildman–Crippen LogP) is 2.95. The second-order valence-electron chi connectivity index (χ2n) is 7.79. The number of halogens is 3. The lowest BCUT2D eigenvalue weighted by molar-refractivity contribution is -0.141. The minimum Gasteiger partial charge on any atom is -0.469 e. The third kappa shape index (κ3) is 4.32. The van der Waals surface area contributed by atoms with Crippen molar-refractivity contribution in [3.63, 3.8) is 0 Å². The lowest BCUT2D eigenvalue weighted by Crippen LogP contribution is -2.36. The van der Waals surface area contributed by atoms with Gasteiger partial charge in [0, 0.05) is 35.5 Å². The van der Waals surface area contributed by atoms with Gasteiger partial charge in [0.15, 0.2) is 11.6 Å². The van der Waals surface area contributed by atoms with E-state index in [9.17, 15) is 23.1 Å². The molecule has 4 rings (SSSR count). The Morgan fingerprint density at radius 1 is 1.12 bits per heavy atom. The molecular weight excluding hydrogens is 423 g/mol. The van der Waals surface area contributed by atoms with Crippen LogP contribution in [0, 0.1) is 23.4 Å². The summed E-state index contributed by atoms with van der Waals surface area (Å²) in [6, 6.07) is 9.93. The number of fused-ring (bicyclic) bond motifs is 1. The number of nitrogens with zero attached hydrogens (tertiary/aromatic N) is 1. The molecule has 0 aliphatic carbocycles. The molecule has 168 valence electrons. The highest BCUT2D eigenvalue weighted by Crippen LogP contribution is 2.38. The van der Waals surface area contributed by atoms with E-state index in [0.717, 1.165) is 17.0 Å². The number of carbonyl (C=O) groups excluding carboxylic acids is 1. The number of esters is 1. The Bertz CT molecular complexity index is 1140. The van der Waals surface area contributed by atoms with E-state index >= 15 is 0 Å². The molecular formula is C23H22F3N3O3. The second kappa shape index (κ2) is 9.23. The zero-order chi connectivity index (χ0) is 22.8. The van der Waals surface area contributed by atoms with Gasteiger partial charge in [-0.3, -0.25) is 15.2 Å². The fraction of sp³-hybridized carbons (Fsp3) is 0.304. The van der Waals surface area contributed by atoms with Crippen molar-refractivity contribution in [2.45, 2.75) is 31.0 Å². The molecule has 0 spiro atoms. The summed E-state index contributed by atoms with van der Waals surface area (Å²) in [5.74, 6) is -4.99. The second-order valence-corrected chi connectivity index (χ2v) is 7.79. The standard InChI is InChI=1S/C23H22F3N3O3/c1-32-20(30)10-15(14-6-2-4-12-5-3-7-27-22(12)14)21-19(28-29-23(21)31)9-13-8-17(25)18(26)11-16(13)24/h2-8,11,15,19,21,23,28-29,31H,9-10H2,1H3. The summed E-state index contributed by atoms with van der Waals surface area (Å²) >= 11 is 0. The molecule has 0 amide bonds. The van der Waals surface area contributed by atoms with Crippen LogP contribution in [-0.4, -0.2) is 35.4 Å². The predicted molar refractivity (Wildman–Crippen MR) is 111 cm³/mol. The Morgan fingerprint density at radius 2 is 1.88 bits per heavy atom. The van der Waals surface area contributed by atoms with E-state index in [2.05, 4.69) is 15.8 Å². The van der Waals surface area contributed by atoms with Gasteiger partial charge in [0.1, 0.15) is 12.0 Å². The average Bonchev–Trinajstić information content (AvgIpc) is 3.15. The fourth-order valence-corrected chi connectivity index (χ4v) is 4.39. The van der Waals surface area contributed by atoms with Crippen LogP contribution >= 0.6 is 0 Å². The van der Waals surface area contributed by atoms with Crippen molar-refractivity contribution in [1.82, 2.24) is 15.8 Å². The highest BCUT2D eigenvalue weighted by atomic mass is 19.2. The maximum atomic E-state index is 14.3. The van der Waals surface area contributed by atoms with Gasteiger partial charge in [-0.1, -0.05) is 24.3 Å². The van der Waals surface area contributed by atoms with E-state index < -0.39 is 47.5 Å². The Balaban J connectivity index is 1.75. The van der Waals surface area contributed by atoms with Crippen LogP contribution in [0.3, 0.4) is 0 Å². The van der Waals surface area contributed by atoms with Crippen molar-refractivity contribution in [3.05, 3.63) is 77.2 Å². The normalized spacial score (nSPS) is 21.6. The number of hydrogen-bond donors (Lipinski definition) is 3. The van der Waals surface area contributed by atoms with E-state index in [0.29, 0.717) is 11.6 Å². The summed E-state index contributed by atoms with van der Waals surface area (Å²) < 4.78 is 46.3. The Morgan fingerprint density at radius 3 is 2.66 bits per heavy atom. The minimum absolute atomic E-state index is 0.0461. The van der Waals surface area contributed by atoms with Crippen LogP contribution in [0.1, 0.15) is 23.5 Å². The summed E-state index contributed by atoms with van der Waals surface area (Å²) in [7, 11) is 1.27. The Kier molecular flexibility index (Phi) is 6.40. The number of pyridine rings is 1. The molecule has 2 heterocycles. The van der Waals surface area contributed by atoms with Gasteiger partial charge >= 0.3 is 5.97 Å². The molecule has 0 bridgehead atoms. The van der Waals surface area contributed by atoms with Crippen molar-refractivity contribution in [1.29, 1.82) is 0 Å². The van der Waals surface area contributed by atoms with E-state index in [-0.39, 0.29) is 18.4 Å². The van der Waals surface area contributed by atoms with Gasteiger partial charge in [0.25, 0.3) is 0 Å². The zero-order valence-electron chi connectivity index (χ0n) is 17.2. The highest BCUT2D eigenvalue weighted by molar-refractivity contribution is 5.83. The average molecular weight is 445 g/mol. The van der Waals surface area contributed by atoms with Crippen LogP contribution in [0.2, 0.25) is 0 Å². The van der Waals surface area contributed by atoms with Crippen LogP contribution < -0.4 is 10.9 Å². The lowest BCUT2D eigenvalue weighted by Gasteiger charge is -2.30. The first-order valence-electron chi connectivity index (χ1n) is 10.1. The van der Waals surface area contributed by atoms with Crippen LogP contribution in [-0.2, 0) is 16.0 Å². The van der Waals surface area contributed by atoms with E-state index in [1.165, 1.54) is 7.11 Å². The van der Waals surface area contributed by atoms with E-state index in [1.54, 1.807) is 12.3 Å². The van der Waals surface area contributed by atoms with Crippen molar-refractivity contribution >= 4 is 16.9 Å². The number of rotatable bonds is 6. The molecule has 1 saturated heterocycles. The molecule has 6 nitrogen and oxygen atoms in total. The summed E-state index contributed by atoms with van der Waals surface area (Å²) in [5, 5.41) is 11.6. The summed E-state index contributed by atoms with van der Waals surface area (Å²) in [6.07, 6.45) is 0.431. The Hall–Kier alpha value is -3.01. The number of aliphatic hydroxyl groups is 1. The quantitative estimate of drug-likeness (QED) is 0.400. The smallest absolute Gasteiger partial charge is 0.306 e. The number of benzene rings is 2. The topological polar surface area (TPSA) is 83.5 Å². The maximum Gasteiger partial charge on any atom is 0.306 e. The Labute approximate surface area is 182 Å². The molecule has 9 heteroatoms. The maximum absolute atomic E-state index is 14.3. The number of nitrogens with one attached hydrogen (secondary N) is 2. The third-order valence-electron chi connectivity index (χ3n) is 5.92. The van der Waals surface area contributed by atoms with Gasteiger partial charge in [-0.25, -0.2) is 18.6 Å². The van der Waals surface area contributed by atoms with Crippen molar-refractivity contribution < 1.29 is 27.8 Å². The SMILES string of the molecule is COC(=O)CC(c1cccc2cccnc12)C1C(O)NNC1Cc1cc(F)c(F)cc1F. The lowest BCUT2D eigenvalue weighted by atomic mass is 9.77. The molecule has 3 N–H and O–H groups in total. The molecule has 1 aliphatic rings. The van der Waals surface area contributed by atoms with Crippen molar-refractivity contribution in [2.24, 2.45) is 5.92 Å². The van der Waals surface area contributed by atoms with Crippen molar-refractivity contribution in [2.75, 3.05) is 7.11 Å². The van der Waals surface area contributed by atoms with Crippen LogP contribution in [0.25, 0.3) is 10.9 Å². The first-order chi connectivity index (χ1) is 15.4. The monoisotopic (exact) mass is 445 g/mol. The number of hydrazine groups is 1. The first kappa shape index (κ1) is 22.2. The molecule has 32 heavy (non-hydrogen) atoms. The summed E-state index contributed by atoms with van der Waals surface area (Å²) in [4.78, 5) is 16.7. The molecule has 2 aromatic carbocycles. The summed E-state index contributed by atoms with van der Waals surface area (Å²) in [5.41, 5.74) is 6.96. The van der Waals surface area contributed by atoms with Crippen LogP contribution in [0.5, 0.6) is 0 Å². The number of carbonyl (C=O) groups is 1. The first-order valence-corrected chi connectivity index (χ1v) is 10.1. The largest absolute Gasteiger partial charge is 0.469 e. The van der Waals surface area contributed by atoms with Crippen LogP contribution in [0.15, 0.2) is 48.7 Å². The third-order valence-corrected chi connectivity index (χ3v) is 5.92. The molecule has 1 aromatic heterocycles. The number of methoxy groups -OCH3 is 1. The number of para-hydroxylation sites is 1. The number of hydrogen-bond acceptors (Lipinski definition) is 6. The van der Waals surface area contributed by atoms with Crippen LogP contribution in [0.4, 0.5) is 13.2 Å². The van der Waals surface area contributed by atoms with Gasteiger partial charge in [-0.15, -0.1) is 0 Å². The van der Waals surface area contributed by atoms with Gasteiger partial charge in [-0.05, 0) is 29.7 Å². The molecule has 1 fully saturated rings. The molecule has 0 radical (unpaired) electrons.